The minimum absolute atomic E-state index is 0.205. The summed E-state index contributed by atoms with van der Waals surface area (Å²) in [5, 5.41) is 6.85. The van der Waals surface area contributed by atoms with Gasteiger partial charge in [0.25, 0.3) is 0 Å². The monoisotopic (exact) mass is 276 g/mol. The van der Waals surface area contributed by atoms with Crippen molar-refractivity contribution in [2.45, 2.75) is 52.6 Å². The third-order valence-corrected chi connectivity index (χ3v) is 3.88. The highest BCUT2D eigenvalue weighted by Crippen LogP contribution is 2.35. The highest BCUT2D eigenvalue weighted by atomic mass is 16.5. The summed E-state index contributed by atoms with van der Waals surface area (Å²) < 4.78 is 6.01. The van der Waals surface area contributed by atoms with E-state index in [4.69, 9.17) is 4.74 Å². The van der Waals surface area contributed by atoms with Gasteiger partial charge in [-0.25, -0.2) is 0 Å². The van der Waals surface area contributed by atoms with Crippen molar-refractivity contribution in [3.05, 3.63) is 23.3 Å². The molecule has 20 heavy (non-hydrogen) atoms. The molecule has 3 heteroatoms. The van der Waals surface area contributed by atoms with Crippen molar-refractivity contribution in [2.24, 2.45) is 0 Å². The van der Waals surface area contributed by atoms with E-state index < -0.39 is 0 Å². The fourth-order valence-electron chi connectivity index (χ4n) is 2.96. The second-order valence-corrected chi connectivity index (χ2v) is 5.93. The smallest absolute Gasteiger partial charge is 0.143 e. The molecule has 1 aliphatic heterocycles. The van der Waals surface area contributed by atoms with Crippen molar-refractivity contribution < 1.29 is 4.74 Å². The zero-order valence-electron chi connectivity index (χ0n) is 13.3. The lowest BCUT2D eigenvalue weighted by Crippen LogP contribution is -2.27. The minimum Gasteiger partial charge on any atom is -0.489 e. The molecule has 0 aliphatic carbocycles. The third kappa shape index (κ3) is 3.66. The average Bonchev–Trinajstić information content (AvgIpc) is 2.42. The van der Waals surface area contributed by atoms with E-state index in [1.165, 1.54) is 24.0 Å². The molecule has 0 spiro atoms. The summed E-state index contributed by atoms with van der Waals surface area (Å²) in [7, 11) is 0. The van der Waals surface area contributed by atoms with Gasteiger partial charge >= 0.3 is 0 Å². The summed E-state index contributed by atoms with van der Waals surface area (Å²) in [6.45, 7) is 11.7. The fraction of sp³-hybridized carbons (Fsp3) is 0.647. The van der Waals surface area contributed by atoms with Gasteiger partial charge in [-0.3, -0.25) is 0 Å². The molecule has 3 nitrogen and oxygen atoms in total. The number of anilines is 1. The van der Waals surface area contributed by atoms with Crippen molar-refractivity contribution >= 4 is 5.69 Å². The molecule has 112 valence electrons. The quantitative estimate of drug-likeness (QED) is 0.860. The van der Waals surface area contributed by atoms with Gasteiger partial charge < -0.3 is 15.4 Å². The number of aryl methyl sites for hydroxylation is 1. The second-order valence-electron chi connectivity index (χ2n) is 5.93. The molecule has 1 aromatic carbocycles. The number of hydrogen-bond acceptors (Lipinski definition) is 3. The maximum absolute atomic E-state index is 6.01. The molecular formula is C17H28N2O. The van der Waals surface area contributed by atoms with Crippen molar-refractivity contribution in [3.8, 4) is 5.75 Å². The van der Waals surface area contributed by atoms with Crippen LogP contribution in [0.3, 0.4) is 0 Å². The molecule has 1 fully saturated rings. The molecule has 0 bridgehead atoms. The van der Waals surface area contributed by atoms with E-state index in [0.717, 1.165) is 31.1 Å². The number of rotatable bonds is 5. The Balaban J connectivity index is 2.31. The van der Waals surface area contributed by atoms with E-state index in [2.05, 4.69) is 50.5 Å². The van der Waals surface area contributed by atoms with Crippen molar-refractivity contribution in [2.75, 3.05) is 25.0 Å². The summed E-state index contributed by atoms with van der Waals surface area (Å²) in [6, 6.07) is 4.52. The van der Waals surface area contributed by atoms with Crippen LogP contribution in [0.25, 0.3) is 0 Å². The van der Waals surface area contributed by atoms with Gasteiger partial charge in [-0.05, 0) is 82.8 Å². The average molecular weight is 276 g/mol. The lowest BCUT2D eigenvalue weighted by atomic mass is 9.87. The largest absolute Gasteiger partial charge is 0.489 e. The predicted molar refractivity (Wildman–Crippen MR) is 86.0 cm³/mol. The Morgan fingerprint density at radius 3 is 2.60 bits per heavy atom. The van der Waals surface area contributed by atoms with Gasteiger partial charge in [-0.2, -0.15) is 0 Å². The molecule has 0 aromatic heterocycles. The van der Waals surface area contributed by atoms with Crippen LogP contribution in [0.5, 0.6) is 5.75 Å². The first-order valence-electron chi connectivity index (χ1n) is 7.87. The number of benzene rings is 1. The Bertz CT molecular complexity index is 437. The molecule has 1 aliphatic rings. The molecule has 0 unspecified atom stereocenters. The van der Waals surface area contributed by atoms with E-state index in [9.17, 15) is 0 Å². The molecule has 0 radical (unpaired) electrons. The van der Waals surface area contributed by atoms with Crippen molar-refractivity contribution in [1.82, 2.24) is 5.32 Å². The summed E-state index contributed by atoms with van der Waals surface area (Å²) in [5.74, 6) is 1.67. The summed E-state index contributed by atoms with van der Waals surface area (Å²) in [6.07, 6.45) is 2.65. The predicted octanol–water partition coefficient (Wildman–Crippen LogP) is 3.68. The summed E-state index contributed by atoms with van der Waals surface area (Å²) >= 11 is 0. The Morgan fingerprint density at radius 2 is 2.00 bits per heavy atom. The van der Waals surface area contributed by atoms with Gasteiger partial charge in [0.1, 0.15) is 5.75 Å². The van der Waals surface area contributed by atoms with Crippen LogP contribution < -0.4 is 15.4 Å². The van der Waals surface area contributed by atoms with Crippen molar-refractivity contribution in [1.29, 1.82) is 0 Å². The SMILES string of the molecule is CCNc1cc(C)c(C2CCNCC2)cc1OC(C)C. The molecule has 2 rings (SSSR count). The number of piperidine rings is 1. The van der Waals surface area contributed by atoms with Gasteiger partial charge in [-0.15, -0.1) is 0 Å². The Kier molecular flexibility index (Phi) is 5.30. The summed E-state index contributed by atoms with van der Waals surface area (Å²) in [5.41, 5.74) is 3.96. The standard InChI is InChI=1S/C17H28N2O/c1-5-19-16-10-13(4)15(11-17(16)20-12(2)3)14-6-8-18-9-7-14/h10-12,14,18-19H,5-9H2,1-4H3. The second kappa shape index (κ2) is 6.98. The first-order valence-corrected chi connectivity index (χ1v) is 7.87. The van der Waals surface area contributed by atoms with Crippen LogP contribution in [0.1, 0.15) is 50.7 Å². The number of hydrogen-bond donors (Lipinski definition) is 2. The highest BCUT2D eigenvalue weighted by Gasteiger charge is 2.19. The first-order chi connectivity index (χ1) is 9.61. The maximum atomic E-state index is 6.01. The Labute approximate surface area is 123 Å². The van der Waals surface area contributed by atoms with Crippen LogP contribution >= 0.6 is 0 Å². The van der Waals surface area contributed by atoms with Gasteiger partial charge in [0, 0.05) is 6.54 Å². The topological polar surface area (TPSA) is 33.3 Å². The van der Waals surface area contributed by atoms with Crippen LogP contribution in [0.15, 0.2) is 12.1 Å². The van der Waals surface area contributed by atoms with E-state index in [-0.39, 0.29) is 6.10 Å². The molecule has 1 aromatic rings. The van der Waals surface area contributed by atoms with Gasteiger partial charge in [0.15, 0.2) is 0 Å². The lowest BCUT2D eigenvalue weighted by molar-refractivity contribution is 0.243. The molecule has 2 N–H and O–H groups in total. The first kappa shape index (κ1) is 15.2. The molecule has 0 saturated carbocycles. The number of ether oxygens (including phenoxy) is 1. The molecule has 1 saturated heterocycles. The maximum Gasteiger partial charge on any atom is 0.143 e. The van der Waals surface area contributed by atoms with Gasteiger partial charge in [0.2, 0.25) is 0 Å². The molecular weight excluding hydrogens is 248 g/mol. The third-order valence-electron chi connectivity index (χ3n) is 3.88. The van der Waals surface area contributed by atoms with E-state index in [1.807, 2.05) is 0 Å². The van der Waals surface area contributed by atoms with Gasteiger partial charge in [-0.1, -0.05) is 0 Å². The van der Waals surface area contributed by atoms with E-state index in [1.54, 1.807) is 0 Å². The summed E-state index contributed by atoms with van der Waals surface area (Å²) in [4.78, 5) is 0. The van der Waals surface area contributed by atoms with Crippen molar-refractivity contribution in [3.63, 3.8) is 0 Å². The Hall–Kier alpha value is -1.22. The highest BCUT2D eigenvalue weighted by molar-refractivity contribution is 5.60. The van der Waals surface area contributed by atoms with Crippen LogP contribution in [0.2, 0.25) is 0 Å². The minimum atomic E-state index is 0.205. The normalized spacial score (nSPS) is 16.4. The zero-order valence-corrected chi connectivity index (χ0v) is 13.3. The number of nitrogens with one attached hydrogen (secondary N) is 2. The zero-order chi connectivity index (χ0) is 14.5. The van der Waals surface area contributed by atoms with Crippen LogP contribution in [-0.4, -0.2) is 25.7 Å². The van der Waals surface area contributed by atoms with E-state index in [0.29, 0.717) is 5.92 Å². The lowest BCUT2D eigenvalue weighted by Gasteiger charge is -2.26. The van der Waals surface area contributed by atoms with Gasteiger partial charge in [0.05, 0.1) is 11.8 Å². The van der Waals surface area contributed by atoms with Crippen LogP contribution in [0, 0.1) is 6.92 Å². The molecule has 1 heterocycles. The van der Waals surface area contributed by atoms with Crippen LogP contribution in [-0.2, 0) is 0 Å². The Morgan fingerprint density at radius 1 is 1.30 bits per heavy atom. The van der Waals surface area contributed by atoms with Crippen LogP contribution in [0.4, 0.5) is 5.69 Å². The molecule has 0 amide bonds. The fourth-order valence-corrected chi connectivity index (χ4v) is 2.96. The molecule has 0 atom stereocenters. The van der Waals surface area contributed by atoms with E-state index >= 15 is 0 Å².